The van der Waals surface area contributed by atoms with Gasteiger partial charge in [-0.3, -0.25) is 14.5 Å². The summed E-state index contributed by atoms with van der Waals surface area (Å²) in [4.78, 5) is 33.0. The van der Waals surface area contributed by atoms with Gasteiger partial charge in [0.25, 0.3) is 5.91 Å². The van der Waals surface area contributed by atoms with Crippen LogP contribution >= 0.6 is 34.3 Å². The van der Waals surface area contributed by atoms with Crippen molar-refractivity contribution in [2.45, 2.75) is 13.0 Å². The normalized spacial score (nSPS) is 16.5. The molecule has 0 aliphatic carbocycles. The van der Waals surface area contributed by atoms with Crippen LogP contribution in [0.25, 0.3) is 10.2 Å². The van der Waals surface area contributed by atoms with Gasteiger partial charge in [0.15, 0.2) is 10.9 Å². The zero-order valence-corrected chi connectivity index (χ0v) is 18.6. The fourth-order valence-electron chi connectivity index (χ4n) is 3.72. The first-order valence-electron chi connectivity index (χ1n) is 9.41. The van der Waals surface area contributed by atoms with Gasteiger partial charge in [0.2, 0.25) is 5.78 Å². The molecule has 1 unspecified atom stereocenters. The van der Waals surface area contributed by atoms with Gasteiger partial charge in [-0.1, -0.05) is 58.8 Å². The largest absolute Gasteiger partial charge is 0.503 e. The van der Waals surface area contributed by atoms with Crippen LogP contribution in [0.4, 0.5) is 5.13 Å². The number of Topliss-reactive ketones (excluding diaryl/α,β-unsaturated/α-hetero) is 1. The highest BCUT2D eigenvalue weighted by atomic mass is 35.5. The summed E-state index contributed by atoms with van der Waals surface area (Å²) < 4.78 is 0.816. The van der Waals surface area contributed by atoms with Crippen LogP contribution in [-0.4, -0.2) is 21.8 Å². The number of aliphatic hydroxyl groups is 1. The first-order valence-corrected chi connectivity index (χ1v) is 11.5. The standard InChI is InChI=1S/C23H15ClN2O3S2/c1-12-4-2-5-13(10-12)19-18(20(27)16-6-3-9-30-16)21(28)22(29)26(19)23-25-15-8-7-14(24)11-17(15)31-23/h2-11,19,28H,1H3. The fourth-order valence-corrected chi connectivity index (χ4v) is 5.67. The van der Waals surface area contributed by atoms with Gasteiger partial charge in [-0.05, 0) is 42.1 Å². The number of aromatic nitrogens is 1. The number of ketones is 1. The monoisotopic (exact) mass is 466 g/mol. The predicted octanol–water partition coefficient (Wildman–Crippen LogP) is 6.10. The topological polar surface area (TPSA) is 70.5 Å². The van der Waals surface area contributed by atoms with Gasteiger partial charge >= 0.3 is 0 Å². The van der Waals surface area contributed by atoms with E-state index in [1.165, 1.54) is 27.6 Å². The number of hydrogen-bond donors (Lipinski definition) is 1. The second-order valence-corrected chi connectivity index (χ2v) is 9.56. The van der Waals surface area contributed by atoms with E-state index in [2.05, 4.69) is 4.98 Å². The molecular weight excluding hydrogens is 452 g/mol. The van der Waals surface area contributed by atoms with E-state index in [9.17, 15) is 14.7 Å². The van der Waals surface area contributed by atoms with Crippen molar-refractivity contribution in [2.24, 2.45) is 0 Å². The van der Waals surface area contributed by atoms with E-state index in [-0.39, 0.29) is 11.4 Å². The van der Waals surface area contributed by atoms with E-state index in [0.717, 1.165) is 15.8 Å². The summed E-state index contributed by atoms with van der Waals surface area (Å²) in [6.45, 7) is 1.94. The number of carbonyl (C=O) groups excluding carboxylic acids is 2. The molecule has 0 bridgehead atoms. The Morgan fingerprint density at radius 1 is 1.16 bits per heavy atom. The Morgan fingerprint density at radius 2 is 2.00 bits per heavy atom. The van der Waals surface area contributed by atoms with E-state index in [0.29, 0.717) is 20.5 Å². The number of aryl methyl sites for hydroxylation is 1. The SMILES string of the molecule is Cc1cccc(C2C(C(=O)c3cccs3)=C(O)C(=O)N2c2nc3ccc(Cl)cc3s2)c1. The maximum Gasteiger partial charge on any atom is 0.296 e. The van der Waals surface area contributed by atoms with Crippen LogP contribution < -0.4 is 4.90 Å². The lowest BCUT2D eigenvalue weighted by Crippen LogP contribution is -2.30. The molecule has 0 saturated heterocycles. The lowest BCUT2D eigenvalue weighted by atomic mass is 9.94. The number of nitrogens with zero attached hydrogens (tertiary/aromatic N) is 2. The third kappa shape index (κ3) is 3.35. The molecule has 4 aromatic rings. The van der Waals surface area contributed by atoms with Crippen molar-refractivity contribution in [3.8, 4) is 0 Å². The highest BCUT2D eigenvalue weighted by Gasteiger charge is 2.46. The smallest absolute Gasteiger partial charge is 0.296 e. The number of hydrogen-bond acceptors (Lipinski definition) is 6. The molecule has 3 heterocycles. The molecule has 31 heavy (non-hydrogen) atoms. The zero-order valence-electron chi connectivity index (χ0n) is 16.2. The molecule has 0 fully saturated rings. The van der Waals surface area contributed by atoms with E-state index in [1.54, 1.807) is 35.7 Å². The Balaban J connectivity index is 1.70. The van der Waals surface area contributed by atoms with Crippen molar-refractivity contribution < 1.29 is 14.7 Å². The molecule has 1 atom stereocenters. The van der Waals surface area contributed by atoms with Crippen molar-refractivity contribution in [3.63, 3.8) is 0 Å². The first-order chi connectivity index (χ1) is 14.9. The number of amides is 1. The number of halogens is 1. The molecule has 0 saturated carbocycles. The number of carbonyl (C=O) groups is 2. The van der Waals surface area contributed by atoms with Gasteiger partial charge < -0.3 is 5.11 Å². The van der Waals surface area contributed by atoms with Gasteiger partial charge in [-0.2, -0.15) is 0 Å². The minimum absolute atomic E-state index is 0.0651. The van der Waals surface area contributed by atoms with E-state index in [4.69, 9.17) is 11.6 Å². The van der Waals surface area contributed by atoms with Crippen molar-refractivity contribution in [2.75, 3.05) is 4.90 Å². The molecule has 1 aliphatic heterocycles. The molecule has 5 rings (SSSR count). The number of thiazole rings is 1. The van der Waals surface area contributed by atoms with Gasteiger partial charge in [0, 0.05) is 5.02 Å². The second kappa shape index (κ2) is 7.60. The summed E-state index contributed by atoms with van der Waals surface area (Å²) in [5, 5.41) is 13.6. The predicted molar refractivity (Wildman–Crippen MR) is 124 cm³/mol. The van der Waals surface area contributed by atoms with Crippen molar-refractivity contribution in [1.82, 2.24) is 4.98 Å². The van der Waals surface area contributed by atoms with Crippen LogP contribution in [0.5, 0.6) is 0 Å². The third-order valence-corrected chi connectivity index (χ3v) is 7.22. The van der Waals surface area contributed by atoms with Crippen LogP contribution in [0.3, 0.4) is 0 Å². The summed E-state index contributed by atoms with van der Waals surface area (Å²) in [5.74, 6) is -1.54. The zero-order chi connectivity index (χ0) is 21.7. The minimum Gasteiger partial charge on any atom is -0.503 e. The third-order valence-electron chi connectivity index (χ3n) is 5.10. The number of anilines is 1. The lowest BCUT2D eigenvalue weighted by Gasteiger charge is -2.24. The molecule has 0 spiro atoms. The summed E-state index contributed by atoms with van der Waals surface area (Å²) in [6, 6.07) is 15.5. The minimum atomic E-state index is -0.780. The van der Waals surface area contributed by atoms with Gasteiger partial charge in [-0.25, -0.2) is 4.98 Å². The highest BCUT2D eigenvalue weighted by molar-refractivity contribution is 7.22. The molecule has 0 radical (unpaired) electrons. The Morgan fingerprint density at radius 3 is 2.74 bits per heavy atom. The van der Waals surface area contributed by atoms with Crippen LogP contribution in [-0.2, 0) is 4.79 Å². The fraction of sp³-hybridized carbons (Fsp3) is 0.0870. The number of fused-ring (bicyclic) bond motifs is 1. The first kappa shape index (κ1) is 19.9. The maximum atomic E-state index is 13.3. The van der Waals surface area contributed by atoms with Gasteiger partial charge in [0.1, 0.15) is 0 Å². The molecule has 1 aliphatic rings. The highest BCUT2D eigenvalue weighted by Crippen LogP contribution is 2.44. The van der Waals surface area contributed by atoms with Crippen LogP contribution in [0, 0.1) is 6.92 Å². The average Bonchev–Trinajstić information content (AvgIpc) is 3.46. The molecule has 2 aromatic heterocycles. The average molecular weight is 467 g/mol. The Labute approximate surface area is 190 Å². The Hall–Kier alpha value is -3.00. The molecule has 154 valence electrons. The molecule has 8 heteroatoms. The van der Waals surface area contributed by atoms with Gasteiger partial charge in [0.05, 0.1) is 26.7 Å². The van der Waals surface area contributed by atoms with E-state index < -0.39 is 17.7 Å². The Bertz CT molecular complexity index is 1370. The van der Waals surface area contributed by atoms with Crippen molar-refractivity contribution in [3.05, 3.63) is 92.3 Å². The summed E-state index contributed by atoms with van der Waals surface area (Å²) in [7, 11) is 0. The summed E-state index contributed by atoms with van der Waals surface area (Å²) >= 11 is 8.67. The summed E-state index contributed by atoms with van der Waals surface area (Å²) in [6.07, 6.45) is 0. The number of thiophene rings is 1. The van der Waals surface area contributed by atoms with Crippen molar-refractivity contribution in [1.29, 1.82) is 0 Å². The molecule has 2 aromatic carbocycles. The number of aliphatic hydroxyl groups excluding tert-OH is 1. The van der Waals surface area contributed by atoms with Gasteiger partial charge in [-0.15, -0.1) is 11.3 Å². The Kier molecular flexibility index (Phi) is 4.89. The number of rotatable bonds is 4. The molecule has 1 N–H and O–H groups in total. The quantitative estimate of drug-likeness (QED) is 0.369. The maximum absolute atomic E-state index is 13.3. The van der Waals surface area contributed by atoms with Crippen LogP contribution in [0.2, 0.25) is 5.02 Å². The molecular formula is C23H15ClN2O3S2. The van der Waals surface area contributed by atoms with Crippen LogP contribution in [0.15, 0.2) is 71.3 Å². The molecule has 5 nitrogen and oxygen atoms in total. The number of benzene rings is 2. The van der Waals surface area contributed by atoms with E-state index in [1.807, 2.05) is 31.2 Å². The molecule has 1 amide bonds. The van der Waals surface area contributed by atoms with E-state index >= 15 is 0 Å². The second-order valence-electron chi connectivity index (χ2n) is 7.17. The summed E-state index contributed by atoms with van der Waals surface area (Å²) in [5.41, 5.74) is 2.47. The lowest BCUT2D eigenvalue weighted by molar-refractivity contribution is -0.117. The van der Waals surface area contributed by atoms with Crippen molar-refractivity contribution >= 4 is 61.3 Å². The van der Waals surface area contributed by atoms with Crippen LogP contribution in [0.1, 0.15) is 26.8 Å².